The smallest absolute Gasteiger partial charge is 0.276 e. The third-order valence-electron chi connectivity index (χ3n) is 4.00. The minimum Gasteiger partial charge on any atom is -0.394 e. The van der Waals surface area contributed by atoms with Gasteiger partial charge < -0.3 is 10.2 Å². The van der Waals surface area contributed by atoms with Crippen LogP contribution in [-0.4, -0.2) is 40.4 Å². The van der Waals surface area contributed by atoms with Gasteiger partial charge in [0.1, 0.15) is 23.4 Å². The van der Waals surface area contributed by atoms with Gasteiger partial charge in [0.2, 0.25) is 0 Å². The first-order valence-corrected chi connectivity index (χ1v) is 10.3. The number of carbonyl (C=O) groups excluding carboxylic acids is 1. The molecular formula is C19H18FIN2O4S. The van der Waals surface area contributed by atoms with Crippen molar-refractivity contribution in [1.29, 1.82) is 0 Å². The van der Waals surface area contributed by atoms with E-state index in [9.17, 15) is 14.3 Å². The van der Waals surface area contributed by atoms with E-state index in [0.29, 0.717) is 26.2 Å². The number of aryl methyl sites for hydroxylation is 1. The number of halogens is 2. The summed E-state index contributed by atoms with van der Waals surface area (Å²) < 4.78 is 15.1. The van der Waals surface area contributed by atoms with E-state index in [2.05, 4.69) is 10.5 Å². The number of aromatic nitrogens is 1. The summed E-state index contributed by atoms with van der Waals surface area (Å²) in [7, 11) is 0. The van der Waals surface area contributed by atoms with E-state index in [-0.39, 0.29) is 18.8 Å². The van der Waals surface area contributed by atoms with Crippen LogP contribution in [0.15, 0.2) is 30.5 Å². The molecule has 0 aliphatic rings. The first-order chi connectivity index (χ1) is 13.4. The van der Waals surface area contributed by atoms with Gasteiger partial charge in [-0.1, -0.05) is 6.07 Å². The van der Waals surface area contributed by atoms with Crippen molar-refractivity contribution in [2.24, 2.45) is 0 Å². The highest BCUT2D eigenvalue weighted by Gasteiger charge is 2.21. The van der Waals surface area contributed by atoms with Gasteiger partial charge in [0.25, 0.3) is 5.91 Å². The molecule has 0 saturated carbocycles. The second-order valence-corrected chi connectivity index (χ2v) is 8.59. The first kappa shape index (κ1) is 21.1. The highest BCUT2D eigenvalue weighted by atomic mass is 127. The molecule has 0 fully saturated rings. The molecule has 9 heteroatoms. The highest BCUT2D eigenvalue weighted by Crippen LogP contribution is 2.33. The second-order valence-electron chi connectivity index (χ2n) is 6.26. The van der Waals surface area contributed by atoms with Crippen molar-refractivity contribution in [3.8, 4) is 0 Å². The third-order valence-corrected chi connectivity index (χ3v) is 5.78. The van der Waals surface area contributed by atoms with Crippen molar-refractivity contribution >= 4 is 50.1 Å². The van der Waals surface area contributed by atoms with Gasteiger partial charge in [0.15, 0.2) is 0 Å². The zero-order valence-corrected chi connectivity index (χ0v) is 17.9. The van der Waals surface area contributed by atoms with Crippen molar-refractivity contribution < 1.29 is 24.2 Å². The first-order valence-electron chi connectivity index (χ1n) is 8.42. The standard InChI is InChI=1S/C19H18FIN2O4S/c1-10-4-14-17(18(26)23-27-9-13(25)8-24)16(28-19(14)22-7-10)5-11-2-3-12(21)6-15(11)20/h2-4,6-7,13,24-25H,5,8-9H2,1H3,(H,23,26)/t13-/m0/s1. The molecule has 0 radical (unpaired) electrons. The number of hydrogen-bond acceptors (Lipinski definition) is 6. The van der Waals surface area contributed by atoms with Crippen molar-refractivity contribution in [2.75, 3.05) is 13.2 Å². The lowest BCUT2D eigenvalue weighted by molar-refractivity contribution is -0.0294. The van der Waals surface area contributed by atoms with E-state index in [1.54, 1.807) is 12.3 Å². The lowest BCUT2D eigenvalue weighted by Crippen LogP contribution is -2.30. The Morgan fingerprint density at radius 3 is 2.93 bits per heavy atom. The Kier molecular flexibility index (Phi) is 6.94. The van der Waals surface area contributed by atoms with Gasteiger partial charge in [0.05, 0.1) is 12.2 Å². The van der Waals surface area contributed by atoms with Crippen molar-refractivity contribution in [1.82, 2.24) is 10.5 Å². The number of carbonyl (C=O) groups is 1. The van der Waals surface area contributed by atoms with Gasteiger partial charge in [0, 0.05) is 26.5 Å². The third kappa shape index (κ3) is 4.84. The fraction of sp³-hybridized carbons (Fsp3) is 0.263. The Morgan fingerprint density at radius 2 is 2.21 bits per heavy atom. The number of hydroxylamine groups is 1. The van der Waals surface area contributed by atoms with Gasteiger partial charge in [-0.15, -0.1) is 11.3 Å². The molecule has 3 N–H and O–H groups in total. The maximum absolute atomic E-state index is 14.3. The molecule has 3 aromatic rings. The van der Waals surface area contributed by atoms with Gasteiger partial charge in [-0.3, -0.25) is 9.63 Å². The largest absolute Gasteiger partial charge is 0.394 e. The van der Waals surface area contributed by atoms with Crippen LogP contribution >= 0.6 is 33.9 Å². The minimum absolute atomic E-state index is 0.241. The van der Waals surface area contributed by atoms with Gasteiger partial charge in [-0.2, -0.15) is 0 Å². The second kappa shape index (κ2) is 9.23. The fourth-order valence-electron chi connectivity index (χ4n) is 2.65. The van der Waals surface area contributed by atoms with Crippen LogP contribution in [0.4, 0.5) is 4.39 Å². The normalized spacial score (nSPS) is 12.3. The summed E-state index contributed by atoms with van der Waals surface area (Å²) in [6.45, 7) is 1.15. The van der Waals surface area contributed by atoms with E-state index < -0.39 is 18.6 Å². The number of thiophene rings is 1. The van der Waals surface area contributed by atoms with E-state index >= 15 is 0 Å². The lowest BCUT2D eigenvalue weighted by Gasteiger charge is -2.10. The number of fused-ring (bicyclic) bond motifs is 1. The van der Waals surface area contributed by atoms with Crippen LogP contribution in [0.25, 0.3) is 10.2 Å². The van der Waals surface area contributed by atoms with Gasteiger partial charge in [-0.05, 0) is 58.8 Å². The molecule has 148 valence electrons. The van der Waals surface area contributed by atoms with E-state index in [0.717, 1.165) is 9.13 Å². The van der Waals surface area contributed by atoms with Gasteiger partial charge in [-0.25, -0.2) is 14.9 Å². The van der Waals surface area contributed by atoms with Gasteiger partial charge >= 0.3 is 0 Å². The molecule has 0 saturated heterocycles. The summed E-state index contributed by atoms with van der Waals surface area (Å²) in [5, 5.41) is 18.8. The maximum Gasteiger partial charge on any atom is 0.276 e. The fourth-order valence-corrected chi connectivity index (χ4v) is 4.25. The molecule has 6 nitrogen and oxygen atoms in total. The number of nitrogens with zero attached hydrogens (tertiary/aromatic N) is 1. The number of pyridine rings is 1. The molecule has 0 aliphatic heterocycles. The van der Waals surface area contributed by atoms with Crippen LogP contribution in [0.3, 0.4) is 0 Å². The topological polar surface area (TPSA) is 91.7 Å². The predicted octanol–water partition coefficient (Wildman–Crippen LogP) is 2.95. The number of benzene rings is 1. The molecule has 0 aliphatic carbocycles. The molecule has 1 amide bonds. The van der Waals surface area contributed by atoms with Crippen LogP contribution < -0.4 is 5.48 Å². The number of aliphatic hydroxyl groups is 2. The summed E-state index contributed by atoms with van der Waals surface area (Å²) >= 11 is 3.37. The Morgan fingerprint density at radius 1 is 1.43 bits per heavy atom. The number of nitrogens with one attached hydrogen (secondary N) is 1. The summed E-state index contributed by atoms with van der Waals surface area (Å²) in [5.41, 5.74) is 4.03. The van der Waals surface area contributed by atoms with Crippen LogP contribution in [-0.2, 0) is 11.3 Å². The molecule has 0 unspecified atom stereocenters. The van der Waals surface area contributed by atoms with Crippen LogP contribution in [0.5, 0.6) is 0 Å². The van der Waals surface area contributed by atoms with Crippen LogP contribution in [0.2, 0.25) is 0 Å². The Hall–Kier alpha value is -1.66. The van der Waals surface area contributed by atoms with Crippen molar-refractivity contribution in [3.63, 3.8) is 0 Å². The molecule has 2 aromatic heterocycles. The van der Waals surface area contributed by atoms with Crippen molar-refractivity contribution in [3.05, 3.63) is 61.4 Å². The summed E-state index contributed by atoms with van der Waals surface area (Å²) in [4.78, 5) is 23.5. The predicted molar refractivity (Wildman–Crippen MR) is 113 cm³/mol. The quantitative estimate of drug-likeness (QED) is 0.332. The zero-order chi connectivity index (χ0) is 20.3. The Balaban J connectivity index is 1.95. The Labute approximate surface area is 178 Å². The molecule has 3 rings (SSSR count). The molecule has 1 aromatic carbocycles. The Bertz CT molecular complexity index is 1010. The van der Waals surface area contributed by atoms with Crippen LogP contribution in [0, 0.1) is 16.3 Å². The minimum atomic E-state index is -1.09. The van der Waals surface area contributed by atoms with Crippen LogP contribution in [0.1, 0.15) is 26.4 Å². The zero-order valence-electron chi connectivity index (χ0n) is 14.9. The van der Waals surface area contributed by atoms with Crippen molar-refractivity contribution in [2.45, 2.75) is 19.4 Å². The van der Waals surface area contributed by atoms with E-state index in [4.69, 9.17) is 9.94 Å². The summed E-state index contributed by atoms with van der Waals surface area (Å²) in [6.07, 6.45) is 0.859. The summed E-state index contributed by atoms with van der Waals surface area (Å²) in [5.74, 6) is -0.841. The van der Waals surface area contributed by atoms with E-state index in [1.807, 2.05) is 41.6 Å². The number of hydrogen-bond donors (Lipinski definition) is 3. The highest BCUT2D eigenvalue weighted by molar-refractivity contribution is 14.1. The molecular weight excluding hydrogens is 498 g/mol. The molecule has 1 atom stereocenters. The number of aliphatic hydroxyl groups excluding tert-OH is 2. The number of rotatable bonds is 7. The molecule has 28 heavy (non-hydrogen) atoms. The lowest BCUT2D eigenvalue weighted by atomic mass is 10.0. The monoisotopic (exact) mass is 516 g/mol. The SMILES string of the molecule is Cc1cnc2sc(Cc3ccc(I)cc3F)c(C(=O)NOC[C@@H](O)CO)c2c1. The number of amides is 1. The summed E-state index contributed by atoms with van der Waals surface area (Å²) in [6, 6.07) is 6.82. The molecule has 0 bridgehead atoms. The molecule has 0 spiro atoms. The average Bonchev–Trinajstić information content (AvgIpc) is 3.00. The molecule has 2 heterocycles. The average molecular weight is 516 g/mol. The maximum atomic E-state index is 14.3. The van der Waals surface area contributed by atoms with E-state index in [1.165, 1.54) is 17.4 Å².